The summed E-state index contributed by atoms with van der Waals surface area (Å²) < 4.78 is 7.67. The number of amidine groups is 1. The molecule has 126 valence electrons. The first kappa shape index (κ1) is 17.1. The van der Waals surface area contributed by atoms with Gasteiger partial charge in [-0.05, 0) is 56.4 Å². The third-order valence-electron chi connectivity index (χ3n) is 3.49. The van der Waals surface area contributed by atoms with Gasteiger partial charge in [-0.1, -0.05) is 18.2 Å². The number of thiazole rings is 1. The fourth-order valence-corrected chi connectivity index (χ4v) is 3.62. The van der Waals surface area contributed by atoms with Crippen molar-refractivity contribution in [3.63, 3.8) is 0 Å². The molecule has 0 radical (unpaired) electrons. The zero-order valence-corrected chi connectivity index (χ0v) is 15.4. The van der Waals surface area contributed by atoms with E-state index in [4.69, 9.17) is 23.5 Å². The lowest BCUT2D eigenvalue weighted by Crippen LogP contribution is -2.40. The number of ether oxygens (including phenoxy) is 1. The molecule has 25 heavy (non-hydrogen) atoms. The molecule has 0 amide bonds. The van der Waals surface area contributed by atoms with Crippen LogP contribution in [0.3, 0.4) is 0 Å². The molecule has 0 fully saturated rings. The van der Waals surface area contributed by atoms with Gasteiger partial charge in [0.1, 0.15) is 10.9 Å². The number of hydrogen-bond acceptors (Lipinski definition) is 4. The Hall–Kier alpha value is -2.69. The van der Waals surface area contributed by atoms with Crippen LogP contribution in [0, 0.1) is 10.5 Å². The quantitative estimate of drug-likeness (QED) is 0.220. The average molecular weight is 368 g/mol. The van der Waals surface area contributed by atoms with Crippen molar-refractivity contribution >= 4 is 45.5 Å². The van der Waals surface area contributed by atoms with Crippen molar-refractivity contribution in [2.45, 2.75) is 19.9 Å². The number of aromatic nitrogens is 1. The fraction of sp³-hybridized carbons (Fsp3) is 0.167. The first-order valence-electron chi connectivity index (χ1n) is 7.68. The molecule has 0 bridgehead atoms. The summed E-state index contributed by atoms with van der Waals surface area (Å²) in [5.74, 6) is 0.633. The summed E-state index contributed by atoms with van der Waals surface area (Å²) in [6, 6.07) is 15.6. The molecule has 0 spiro atoms. The topological polar surface area (TPSA) is 45.0 Å². The van der Waals surface area contributed by atoms with Crippen molar-refractivity contribution < 1.29 is 4.74 Å². The number of fused-ring (bicyclic) bond motifs is 1. The third kappa shape index (κ3) is 3.87. The van der Waals surface area contributed by atoms with Crippen molar-refractivity contribution in [2.75, 3.05) is 4.90 Å². The van der Waals surface area contributed by atoms with Gasteiger partial charge in [-0.3, -0.25) is 4.90 Å². The summed E-state index contributed by atoms with van der Waals surface area (Å²) in [5.41, 5.74) is 1.89. The van der Waals surface area contributed by atoms with Crippen LogP contribution in [0.15, 0.2) is 53.6 Å². The molecule has 0 atom stereocenters. The molecular weight excluding hydrogens is 352 g/mol. The molecule has 0 unspecified atom stereocenters. The van der Waals surface area contributed by atoms with Crippen molar-refractivity contribution in [1.82, 2.24) is 4.98 Å². The smallest absolute Gasteiger partial charge is 0.381 e. The summed E-state index contributed by atoms with van der Waals surface area (Å²) in [6.07, 6.45) is 0. The Kier molecular flexibility index (Phi) is 5.12. The zero-order chi connectivity index (χ0) is 17.8. The predicted molar refractivity (Wildman–Crippen MR) is 106 cm³/mol. The van der Waals surface area contributed by atoms with E-state index in [9.17, 15) is 0 Å². The predicted octanol–water partition coefficient (Wildman–Crippen LogP) is 5.44. The van der Waals surface area contributed by atoms with E-state index in [-0.39, 0.29) is 12.1 Å². The molecule has 0 aliphatic rings. The molecule has 2 aromatic carbocycles. The highest BCUT2D eigenvalue weighted by molar-refractivity contribution is 7.73. The first-order valence-corrected chi connectivity index (χ1v) is 8.90. The van der Waals surface area contributed by atoms with Gasteiger partial charge < -0.3 is 9.72 Å². The monoisotopic (exact) mass is 368 g/mol. The molecule has 1 heterocycles. The zero-order valence-electron chi connectivity index (χ0n) is 13.8. The lowest BCUT2D eigenvalue weighted by Gasteiger charge is -2.27. The summed E-state index contributed by atoms with van der Waals surface area (Å²) in [5, 5.41) is 3.89. The lowest BCUT2D eigenvalue weighted by molar-refractivity contribution is 0.522. The number of aromatic amines is 1. The normalized spacial score (nSPS) is 11.5. The standard InChI is InChI=1S/C18H16N4OS2/c1-12(2)22(13-9-10-15-16(11-13)25-18(24)20-15)17(21-19-3)23-14-7-5-4-6-8-14/h4-12H,1-2H3,(H,20,24). The second kappa shape index (κ2) is 7.47. The number of anilines is 1. The SMILES string of the molecule is [C-]#[N+]N=C(Oc1ccccc1)N(c1ccc2[nH]c(=S)sc2c1)C(C)C. The minimum absolute atomic E-state index is 0.0496. The van der Waals surface area contributed by atoms with Crippen molar-refractivity contribution in [3.05, 3.63) is 64.0 Å². The van der Waals surface area contributed by atoms with E-state index in [2.05, 4.69) is 15.0 Å². The van der Waals surface area contributed by atoms with E-state index in [1.165, 1.54) is 11.3 Å². The van der Waals surface area contributed by atoms with Gasteiger partial charge in [0, 0.05) is 11.7 Å². The molecular formula is C18H16N4OS2. The number of rotatable bonds is 3. The Morgan fingerprint density at radius 2 is 2.04 bits per heavy atom. The molecule has 3 aromatic rings. The number of H-pyrrole nitrogens is 1. The van der Waals surface area contributed by atoms with Gasteiger partial charge in [0.25, 0.3) is 0 Å². The van der Waals surface area contributed by atoms with Gasteiger partial charge in [-0.25, -0.2) is 0 Å². The fourth-order valence-electron chi connectivity index (χ4n) is 2.47. The molecule has 0 saturated carbocycles. The van der Waals surface area contributed by atoms with Gasteiger partial charge in [0.15, 0.2) is 3.95 Å². The van der Waals surface area contributed by atoms with E-state index >= 15 is 0 Å². The highest BCUT2D eigenvalue weighted by Gasteiger charge is 2.23. The van der Waals surface area contributed by atoms with Gasteiger partial charge in [-0.15, -0.1) is 16.3 Å². The van der Waals surface area contributed by atoms with Crippen molar-refractivity contribution in [3.8, 4) is 5.75 Å². The molecule has 1 aromatic heterocycles. The second-order valence-electron chi connectivity index (χ2n) is 5.56. The van der Waals surface area contributed by atoms with Crippen LogP contribution < -0.4 is 9.64 Å². The van der Waals surface area contributed by atoms with Crippen LogP contribution in [0.5, 0.6) is 5.75 Å². The Morgan fingerprint density at radius 3 is 2.72 bits per heavy atom. The Balaban J connectivity index is 2.03. The first-order chi connectivity index (χ1) is 12.1. The lowest BCUT2D eigenvalue weighted by atomic mass is 10.2. The van der Waals surface area contributed by atoms with Gasteiger partial charge in [0.2, 0.25) is 0 Å². The molecule has 0 aliphatic carbocycles. The number of hydrogen-bond donors (Lipinski definition) is 1. The van der Waals surface area contributed by atoms with E-state index in [0.29, 0.717) is 5.75 Å². The average Bonchev–Trinajstić information content (AvgIpc) is 2.95. The number of para-hydroxylation sites is 1. The Bertz CT molecular complexity index is 999. The Morgan fingerprint density at radius 1 is 1.28 bits per heavy atom. The summed E-state index contributed by atoms with van der Waals surface area (Å²) >= 11 is 6.73. The largest absolute Gasteiger partial charge is 0.421 e. The van der Waals surface area contributed by atoms with Crippen LogP contribution >= 0.6 is 23.6 Å². The number of benzene rings is 2. The van der Waals surface area contributed by atoms with Gasteiger partial charge >= 0.3 is 6.02 Å². The van der Waals surface area contributed by atoms with Crippen LogP contribution in [0.4, 0.5) is 5.69 Å². The van der Waals surface area contributed by atoms with E-state index in [1.54, 1.807) is 0 Å². The molecule has 7 heteroatoms. The van der Waals surface area contributed by atoms with E-state index in [0.717, 1.165) is 19.9 Å². The summed E-state index contributed by atoms with van der Waals surface area (Å²) in [6.45, 7) is 11.2. The van der Waals surface area contributed by atoms with Crippen LogP contribution in [0.25, 0.3) is 15.2 Å². The van der Waals surface area contributed by atoms with Crippen LogP contribution in [0.2, 0.25) is 0 Å². The van der Waals surface area contributed by atoms with Gasteiger partial charge in [0.05, 0.1) is 10.2 Å². The highest BCUT2D eigenvalue weighted by atomic mass is 32.1. The second-order valence-corrected chi connectivity index (χ2v) is 7.28. The maximum atomic E-state index is 7.14. The molecule has 0 aliphatic heterocycles. The Labute approximate surface area is 155 Å². The third-order valence-corrected chi connectivity index (χ3v) is 4.69. The summed E-state index contributed by atoms with van der Waals surface area (Å²) in [7, 11) is 0. The molecule has 3 rings (SSSR count). The van der Waals surface area contributed by atoms with Crippen molar-refractivity contribution in [1.29, 1.82) is 0 Å². The van der Waals surface area contributed by atoms with E-state index in [1.807, 2.05) is 67.3 Å². The van der Waals surface area contributed by atoms with Crippen LogP contribution in [0.1, 0.15) is 13.8 Å². The van der Waals surface area contributed by atoms with Crippen LogP contribution in [-0.4, -0.2) is 17.0 Å². The molecule has 1 N–H and O–H groups in total. The minimum Gasteiger partial charge on any atom is -0.421 e. The van der Waals surface area contributed by atoms with Crippen LogP contribution in [-0.2, 0) is 0 Å². The van der Waals surface area contributed by atoms with Crippen molar-refractivity contribution in [2.24, 2.45) is 5.10 Å². The molecule has 0 saturated heterocycles. The van der Waals surface area contributed by atoms with Gasteiger partial charge in [-0.2, -0.15) is 6.57 Å². The minimum atomic E-state index is 0.0496. The molecule has 5 nitrogen and oxygen atoms in total. The number of nitrogens with zero attached hydrogens (tertiary/aromatic N) is 3. The summed E-state index contributed by atoms with van der Waals surface area (Å²) in [4.78, 5) is 8.23. The van der Waals surface area contributed by atoms with E-state index < -0.39 is 0 Å². The highest BCUT2D eigenvalue weighted by Crippen LogP contribution is 2.27. The maximum Gasteiger partial charge on any atom is 0.381 e. The maximum absolute atomic E-state index is 7.14. The number of nitrogens with one attached hydrogen (secondary N) is 1.